The van der Waals surface area contributed by atoms with E-state index >= 15 is 0 Å². The minimum absolute atomic E-state index is 0.00378. The van der Waals surface area contributed by atoms with Crippen molar-refractivity contribution in [3.8, 4) is 17.2 Å². The predicted octanol–water partition coefficient (Wildman–Crippen LogP) is 3.54. The molecule has 0 amide bonds. The lowest BCUT2D eigenvalue weighted by molar-refractivity contribution is -0.137. The van der Waals surface area contributed by atoms with E-state index in [4.69, 9.17) is 14.9 Å². The fourth-order valence-corrected chi connectivity index (χ4v) is 2.90. The SMILES string of the molecule is COc1c(C)c(C(=O)C=CC=CC=CC(=O)O)c(O)c(CCCCCC(=O)O)c1O. The van der Waals surface area contributed by atoms with E-state index < -0.39 is 17.7 Å². The highest BCUT2D eigenvalue weighted by atomic mass is 16.5. The normalized spacial score (nSPS) is 11.5. The summed E-state index contributed by atoms with van der Waals surface area (Å²) >= 11 is 0. The summed E-state index contributed by atoms with van der Waals surface area (Å²) in [7, 11) is 1.34. The minimum atomic E-state index is -1.09. The first-order valence-electron chi connectivity index (χ1n) is 9.32. The van der Waals surface area contributed by atoms with E-state index in [1.165, 1.54) is 37.5 Å². The van der Waals surface area contributed by atoms with Gasteiger partial charge in [0, 0.05) is 23.6 Å². The van der Waals surface area contributed by atoms with Gasteiger partial charge in [0.15, 0.2) is 17.3 Å². The maximum Gasteiger partial charge on any atom is 0.328 e. The Labute approximate surface area is 174 Å². The van der Waals surface area contributed by atoms with Crippen LogP contribution in [0.15, 0.2) is 36.5 Å². The van der Waals surface area contributed by atoms with Gasteiger partial charge in [-0.1, -0.05) is 30.7 Å². The maximum absolute atomic E-state index is 12.6. The van der Waals surface area contributed by atoms with Crippen LogP contribution in [0.4, 0.5) is 0 Å². The van der Waals surface area contributed by atoms with Gasteiger partial charge >= 0.3 is 11.9 Å². The van der Waals surface area contributed by atoms with Gasteiger partial charge in [-0.2, -0.15) is 0 Å². The lowest BCUT2D eigenvalue weighted by Crippen LogP contribution is -2.05. The van der Waals surface area contributed by atoms with Gasteiger partial charge in [0.25, 0.3) is 0 Å². The Balaban J connectivity index is 3.08. The Bertz CT molecular complexity index is 878. The van der Waals surface area contributed by atoms with Gasteiger partial charge in [0.05, 0.1) is 12.7 Å². The fourth-order valence-electron chi connectivity index (χ4n) is 2.90. The number of allylic oxidation sites excluding steroid dienone is 5. The van der Waals surface area contributed by atoms with Crippen LogP contribution < -0.4 is 4.74 Å². The second-order valence-corrected chi connectivity index (χ2v) is 6.47. The largest absolute Gasteiger partial charge is 0.507 e. The van der Waals surface area contributed by atoms with Crippen LogP contribution in [-0.2, 0) is 16.0 Å². The summed E-state index contributed by atoms with van der Waals surface area (Å²) in [5.74, 6) is -2.98. The first kappa shape index (κ1) is 24.5. The zero-order valence-electron chi connectivity index (χ0n) is 16.9. The van der Waals surface area contributed by atoms with Gasteiger partial charge in [-0.05, 0) is 32.3 Å². The van der Waals surface area contributed by atoms with Gasteiger partial charge in [-0.3, -0.25) is 9.59 Å². The molecule has 0 bridgehead atoms. The number of ether oxygens (including phenoxy) is 1. The second kappa shape index (κ2) is 12.1. The highest BCUT2D eigenvalue weighted by molar-refractivity contribution is 6.08. The number of carboxylic acid groups (broad SMARTS) is 2. The van der Waals surface area contributed by atoms with Crippen molar-refractivity contribution >= 4 is 17.7 Å². The summed E-state index contributed by atoms with van der Waals surface area (Å²) < 4.78 is 5.21. The molecule has 8 nitrogen and oxygen atoms in total. The molecular weight excluding hydrogens is 392 g/mol. The molecule has 0 heterocycles. The molecule has 0 atom stereocenters. The van der Waals surface area contributed by atoms with Crippen LogP contribution in [0.25, 0.3) is 0 Å². The number of carboxylic acids is 2. The molecule has 0 radical (unpaired) electrons. The number of hydrogen-bond acceptors (Lipinski definition) is 6. The van der Waals surface area contributed by atoms with Gasteiger partial charge in [-0.15, -0.1) is 0 Å². The number of aromatic hydroxyl groups is 2. The monoisotopic (exact) mass is 418 g/mol. The summed E-state index contributed by atoms with van der Waals surface area (Å²) in [6, 6.07) is 0. The number of carbonyl (C=O) groups excluding carboxylic acids is 1. The third-order valence-corrected chi connectivity index (χ3v) is 4.33. The molecule has 0 saturated carbocycles. The van der Waals surface area contributed by atoms with E-state index in [2.05, 4.69) is 0 Å². The molecule has 0 spiro atoms. The number of phenols is 2. The third kappa shape index (κ3) is 7.12. The number of carbonyl (C=O) groups is 3. The molecule has 0 aliphatic carbocycles. The van der Waals surface area contributed by atoms with E-state index in [0.29, 0.717) is 19.3 Å². The number of ketones is 1. The molecule has 0 aromatic heterocycles. The van der Waals surface area contributed by atoms with Gasteiger partial charge in [0.1, 0.15) is 5.75 Å². The Kier molecular flexibility index (Phi) is 9.88. The van der Waals surface area contributed by atoms with Crippen LogP contribution in [0.2, 0.25) is 0 Å². The lowest BCUT2D eigenvalue weighted by Gasteiger charge is -2.17. The summed E-state index contributed by atoms with van der Waals surface area (Å²) in [4.78, 5) is 33.6. The van der Waals surface area contributed by atoms with Crippen molar-refractivity contribution < 1.29 is 39.5 Å². The number of hydrogen-bond donors (Lipinski definition) is 4. The number of benzene rings is 1. The van der Waals surface area contributed by atoms with Gasteiger partial charge in [-0.25, -0.2) is 4.79 Å². The molecule has 0 aliphatic heterocycles. The average molecular weight is 418 g/mol. The highest BCUT2D eigenvalue weighted by Gasteiger charge is 2.24. The smallest absolute Gasteiger partial charge is 0.328 e. The molecule has 0 unspecified atom stereocenters. The van der Waals surface area contributed by atoms with Crippen LogP contribution >= 0.6 is 0 Å². The van der Waals surface area contributed by atoms with E-state index in [9.17, 15) is 24.6 Å². The van der Waals surface area contributed by atoms with Crippen LogP contribution in [0.1, 0.15) is 47.2 Å². The Morgan fingerprint density at radius 3 is 2.10 bits per heavy atom. The summed E-state index contributed by atoms with van der Waals surface area (Å²) in [5.41, 5.74) is 0.451. The van der Waals surface area contributed by atoms with E-state index in [-0.39, 0.29) is 46.8 Å². The van der Waals surface area contributed by atoms with Crippen molar-refractivity contribution in [1.29, 1.82) is 0 Å². The topological polar surface area (TPSA) is 141 Å². The van der Waals surface area contributed by atoms with Crippen molar-refractivity contribution in [2.45, 2.75) is 39.0 Å². The number of rotatable bonds is 12. The van der Waals surface area contributed by atoms with Crippen LogP contribution in [0.3, 0.4) is 0 Å². The Morgan fingerprint density at radius 2 is 1.53 bits per heavy atom. The number of methoxy groups -OCH3 is 1. The molecule has 0 fully saturated rings. The highest BCUT2D eigenvalue weighted by Crippen LogP contribution is 2.43. The number of phenolic OH excluding ortho intramolecular Hbond substituents is 2. The minimum Gasteiger partial charge on any atom is -0.507 e. The van der Waals surface area contributed by atoms with Crippen molar-refractivity contribution in [3.05, 3.63) is 53.1 Å². The molecule has 1 rings (SSSR count). The van der Waals surface area contributed by atoms with Crippen LogP contribution in [0, 0.1) is 6.92 Å². The molecule has 0 saturated heterocycles. The molecule has 8 heteroatoms. The van der Waals surface area contributed by atoms with Crippen LogP contribution in [-0.4, -0.2) is 45.3 Å². The summed E-state index contributed by atoms with van der Waals surface area (Å²) in [5, 5.41) is 38.3. The van der Waals surface area contributed by atoms with Crippen molar-refractivity contribution in [2.75, 3.05) is 7.11 Å². The third-order valence-electron chi connectivity index (χ3n) is 4.33. The van der Waals surface area contributed by atoms with Crippen molar-refractivity contribution in [3.63, 3.8) is 0 Å². The Hall–Kier alpha value is -3.55. The van der Waals surface area contributed by atoms with E-state index in [1.807, 2.05) is 0 Å². The molecule has 1 aromatic carbocycles. The molecule has 162 valence electrons. The Morgan fingerprint density at radius 1 is 0.900 bits per heavy atom. The maximum atomic E-state index is 12.6. The van der Waals surface area contributed by atoms with Crippen molar-refractivity contribution in [1.82, 2.24) is 0 Å². The van der Waals surface area contributed by atoms with Crippen molar-refractivity contribution in [2.24, 2.45) is 0 Å². The fraction of sp³-hybridized carbons (Fsp3) is 0.318. The molecule has 1 aromatic rings. The summed E-state index contributed by atoms with van der Waals surface area (Å²) in [6.07, 6.45) is 9.60. The molecule has 4 N–H and O–H groups in total. The number of unbranched alkanes of at least 4 members (excludes halogenated alkanes) is 2. The first-order chi connectivity index (χ1) is 14.2. The van der Waals surface area contributed by atoms with E-state index in [0.717, 1.165) is 6.08 Å². The first-order valence-corrected chi connectivity index (χ1v) is 9.32. The van der Waals surface area contributed by atoms with Crippen LogP contribution in [0.5, 0.6) is 17.2 Å². The molecule has 0 aliphatic rings. The zero-order chi connectivity index (χ0) is 22.7. The lowest BCUT2D eigenvalue weighted by atomic mass is 9.94. The quantitative estimate of drug-likeness (QED) is 0.175. The molecule has 30 heavy (non-hydrogen) atoms. The van der Waals surface area contributed by atoms with Gasteiger partial charge in [0.2, 0.25) is 0 Å². The van der Waals surface area contributed by atoms with Gasteiger partial charge < -0.3 is 25.2 Å². The summed E-state index contributed by atoms with van der Waals surface area (Å²) in [6.45, 7) is 1.54. The standard InChI is InChI=1S/C22H26O8/c1-14-19(16(23)11-7-3-4-8-12-17(24)25)20(28)15(21(29)22(14)30-2)10-6-5-9-13-18(26)27/h3-4,7-8,11-12,28-29H,5-6,9-10,13H2,1-2H3,(H,24,25)(H,26,27). The van der Waals surface area contributed by atoms with E-state index in [1.54, 1.807) is 6.92 Å². The second-order valence-electron chi connectivity index (χ2n) is 6.47. The predicted molar refractivity (Wildman–Crippen MR) is 110 cm³/mol. The molecular formula is C22H26O8. The average Bonchev–Trinajstić information content (AvgIpc) is 2.66. The zero-order valence-corrected chi connectivity index (χ0v) is 16.9. The number of aliphatic carboxylic acids is 2.